The molecule has 5 atom stereocenters. The average Bonchev–Trinajstić information content (AvgIpc) is 3.21. The fourth-order valence-electron chi connectivity index (χ4n) is 4.73. The Morgan fingerprint density at radius 1 is 1.09 bits per heavy atom. The maximum Gasteiger partial charge on any atom is 0.340 e. The van der Waals surface area contributed by atoms with Crippen molar-refractivity contribution in [2.75, 3.05) is 17.8 Å². The minimum Gasteiger partial charge on any atom is -0.387 e. The molecule has 6 N–H and O–H groups in total. The Morgan fingerprint density at radius 2 is 1.80 bits per heavy atom. The van der Waals surface area contributed by atoms with Gasteiger partial charge in [0.2, 0.25) is 0 Å². The molecule has 13 nitrogen and oxygen atoms in total. The van der Waals surface area contributed by atoms with E-state index >= 15 is 0 Å². The van der Waals surface area contributed by atoms with E-state index in [1.807, 2.05) is 6.07 Å². The lowest BCUT2D eigenvalue weighted by molar-refractivity contribution is -0.0203. The highest BCUT2D eigenvalue weighted by atomic mass is 31.2. The summed E-state index contributed by atoms with van der Waals surface area (Å²) in [4.78, 5) is 32.4. The Kier molecular flexibility index (Phi) is 6.84. The number of aliphatic hydroxyl groups is 2. The number of hydrogen-bond donors (Lipinski definition) is 6. The molecule has 0 bridgehead atoms. The van der Waals surface area contributed by atoms with E-state index in [-0.39, 0.29) is 5.92 Å². The molecule has 1 aliphatic heterocycles. The maximum atomic E-state index is 12.0. The highest BCUT2D eigenvalue weighted by Crippen LogP contribution is 2.55. The first-order valence-corrected chi connectivity index (χ1v) is 15.3. The quantitative estimate of drug-likeness (QED) is 0.255. The molecule has 194 valence electrons. The Labute approximate surface area is 201 Å². The van der Waals surface area contributed by atoms with Gasteiger partial charge in [-0.2, -0.15) is 5.10 Å². The molecule has 1 unspecified atom stereocenters. The van der Waals surface area contributed by atoms with E-state index in [1.54, 1.807) is 10.6 Å². The number of hydrogen-bond acceptors (Lipinski definition) is 9. The monoisotopic (exact) mass is 532 g/mol. The largest absolute Gasteiger partial charge is 0.387 e. The molecule has 2 aromatic rings. The molecule has 5 rings (SSSR count). The van der Waals surface area contributed by atoms with Crippen LogP contribution in [0.2, 0.25) is 0 Å². The van der Waals surface area contributed by atoms with Crippen molar-refractivity contribution in [1.29, 1.82) is 0 Å². The molecule has 3 aliphatic rings. The minimum atomic E-state index is -4.79. The summed E-state index contributed by atoms with van der Waals surface area (Å²) in [5.74, 6) is 0.330. The van der Waals surface area contributed by atoms with E-state index in [4.69, 9.17) is 24.0 Å². The molecule has 35 heavy (non-hydrogen) atoms. The van der Waals surface area contributed by atoms with Crippen molar-refractivity contribution >= 4 is 26.5 Å². The van der Waals surface area contributed by atoms with Gasteiger partial charge in [-0.15, -0.1) is 0 Å². The molecule has 2 aliphatic carbocycles. The molecular weight excluding hydrogens is 502 g/mol. The molecule has 3 heterocycles. The summed E-state index contributed by atoms with van der Waals surface area (Å²) in [5.41, 5.74) is 1.19. The van der Waals surface area contributed by atoms with Gasteiger partial charge < -0.3 is 39.5 Å². The lowest BCUT2D eigenvalue weighted by atomic mass is 10.1. The number of fused-ring (bicyclic) bond motifs is 1. The molecule has 0 radical (unpaired) electrons. The molecule has 3 fully saturated rings. The third-order valence-corrected chi connectivity index (χ3v) is 10.1. The summed E-state index contributed by atoms with van der Waals surface area (Å²) in [6, 6.07) is 3.88. The Balaban J connectivity index is 1.38. The lowest BCUT2D eigenvalue weighted by Gasteiger charge is -2.18. The maximum absolute atomic E-state index is 12.0. The van der Waals surface area contributed by atoms with Gasteiger partial charge in [0.05, 0.1) is 12.3 Å². The van der Waals surface area contributed by atoms with Gasteiger partial charge in [0.25, 0.3) is 0 Å². The zero-order valence-corrected chi connectivity index (χ0v) is 20.7. The fraction of sp³-hybridized carbons (Fsp3) is 0.700. The third-order valence-electron chi connectivity index (χ3n) is 6.65. The van der Waals surface area contributed by atoms with E-state index < -0.39 is 52.1 Å². The van der Waals surface area contributed by atoms with E-state index in [9.17, 15) is 24.2 Å². The van der Waals surface area contributed by atoms with Crippen LogP contribution < -0.4 is 5.32 Å². The van der Waals surface area contributed by atoms with Gasteiger partial charge in [-0.25, -0.2) is 9.50 Å². The normalized spacial score (nSPS) is 29.6. The number of rotatable bonds is 9. The second-order valence-electron chi connectivity index (χ2n) is 9.59. The average molecular weight is 532 g/mol. The fourth-order valence-corrected chi connectivity index (χ4v) is 7.29. The van der Waals surface area contributed by atoms with Crippen molar-refractivity contribution < 1.29 is 43.3 Å². The number of nitrogens with one attached hydrogen (secondary N) is 1. The van der Waals surface area contributed by atoms with Crippen molar-refractivity contribution in [2.24, 2.45) is 0 Å². The molecule has 2 aromatic heterocycles. The molecule has 1 saturated heterocycles. The topological polar surface area (TPSA) is 196 Å². The molecule has 0 aromatic carbocycles. The number of aromatic nitrogens is 3. The van der Waals surface area contributed by atoms with Crippen LogP contribution in [0.25, 0.3) is 5.52 Å². The highest BCUT2D eigenvalue weighted by Gasteiger charge is 2.46. The molecule has 15 heteroatoms. The van der Waals surface area contributed by atoms with Gasteiger partial charge in [-0.1, -0.05) is 12.8 Å². The predicted molar refractivity (Wildman–Crippen MR) is 123 cm³/mol. The lowest BCUT2D eigenvalue weighted by Crippen LogP contribution is -2.33. The van der Waals surface area contributed by atoms with Crippen LogP contribution in [-0.2, 0) is 18.4 Å². The molecular formula is C20H30N4O9P2. The number of anilines is 1. The second kappa shape index (κ2) is 9.48. The van der Waals surface area contributed by atoms with Gasteiger partial charge in [0.1, 0.15) is 29.9 Å². The van der Waals surface area contributed by atoms with E-state index in [0.29, 0.717) is 28.9 Å². The highest BCUT2D eigenvalue weighted by molar-refractivity contribution is 7.70. The summed E-state index contributed by atoms with van der Waals surface area (Å²) in [5, 5.41) is 29.4. The van der Waals surface area contributed by atoms with Crippen molar-refractivity contribution in [3.63, 3.8) is 0 Å². The van der Waals surface area contributed by atoms with Gasteiger partial charge >= 0.3 is 15.2 Å². The SMILES string of the molecule is O=P(O)(O)CP(=O)(O)OC[C@H]1O[C@@H](c2ccc3c(NC4CCCC4)nc(C4CC4)nn23)[C@H](O)[C@@H]1O. The first-order chi connectivity index (χ1) is 16.5. The molecule has 0 amide bonds. The number of ether oxygens (including phenoxy) is 1. The van der Waals surface area contributed by atoms with Crippen molar-refractivity contribution in [1.82, 2.24) is 14.6 Å². The third kappa shape index (κ3) is 5.64. The standard InChI is InChI=1S/C20H30N4O9P2/c25-16-15(9-32-35(30,31)10-34(27,28)29)33-18(17(16)26)13-7-8-14-20(21-12-3-1-2-4-12)22-19(11-5-6-11)23-24(13)14/h7-8,11-12,15-18,25-26H,1-6,9-10H2,(H,30,31)(H,21,22,23)(H2,27,28,29)/t15-,16-,17-,18+/m1/s1. The summed E-state index contributed by atoms with van der Waals surface area (Å²) in [6.07, 6.45) is 1.42. The predicted octanol–water partition coefficient (Wildman–Crippen LogP) is 1.46. The van der Waals surface area contributed by atoms with E-state index in [0.717, 1.165) is 25.7 Å². The van der Waals surface area contributed by atoms with Crippen molar-refractivity contribution in [3.05, 3.63) is 23.7 Å². The minimum absolute atomic E-state index is 0.271. The first-order valence-electron chi connectivity index (χ1n) is 11.7. The van der Waals surface area contributed by atoms with Crippen LogP contribution in [0.15, 0.2) is 12.1 Å². The van der Waals surface area contributed by atoms with Crippen molar-refractivity contribution in [2.45, 2.75) is 74.9 Å². The number of nitrogens with zero attached hydrogens (tertiary/aromatic N) is 3. The summed E-state index contributed by atoms with van der Waals surface area (Å²) in [7, 11) is -9.43. The van der Waals surface area contributed by atoms with E-state index in [2.05, 4.69) is 10.4 Å². The summed E-state index contributed by atoms with van der Waals surface area (Å²) >= 11 is 0. The zero-order chi connectivity index (χ0) is 25.0. The van der Waals surface area contributed by atoms with Crippen LogP contribution in [0, 0.1) is 0 Å². The Bertz CT molecular complexity index is 1180. The van der Waals surface area contributed by atoms with Gasteiger partial charge in [-0.05, 0) is 37.8 Å². The van der Waals surface area contributed by atoms with Crippen LogP contribution >= 0.6 is 15.2 Å². The van der Waals surface area contributed by atoms with Crippen LogP contribution in [0.5, 0.6) is 0 Å². The van der Waals surface area contributed by atoms with Crippen LogP contribution in [0.1, 0.15) is 62.1 Å². The van der Waals surface area contributed by atoms with Crippen LogP contribution in [0.4, 0.5) is 5.82 Å². The van der Waals surface area contributed by atoms with Crippen LogP contribution in [-0.4, -0.2) is 76.4 Å². The summed E-state index contributed by atoms with van der Waals surface area (Å²) < 4.78 is 35.3. The smallest absolute Gasteiger partial charge is 0.340 e. The second-order valence-corrected chi connectivity index (χ2v) is 13.6. The molecule has 0 spiro atoms. The van der Waals surface area contributed by atoms with Crippen LogP contribution in [0.3, 0.4) is 0 Å². The Morgan fingerprint density at radius 3 is 2.46 bits per heavy atom. The summed E-state index contributed by atoms with van der Waals surface area (Å²) in [6.45, 7) is -0.636. The van der Waals surface area contributed by atoms with Gasteiger partial charge in [-0.3, -0.25) is 9.13 Å². The Hall–Kier alpha value is -1.40. The van der Waals surface area contributed by atoms with Crippen molar-refractivity contribution in [3.8, 4) is 0 Å². The van der Waals surface area contributed by atoms with E-state index in [1.165, 1.54) is 12.8 Å². The van der Waals surface area contributed by atoms with Gasteiger partial charge in [0, 0.05) is 12.0 Å². The van der Waals surface area contributed by atoms with Gasteiger partial charge in [0.15, 0.2) is 17.5 Å². The zero-order valence-electron chi connectivity index (χ0n) is 18.9. The number of aliphatic hydroxyl groups excluding tert-OH is 2. The first kappa shape index (κ1) is 25.3. The molecule has 2 saturated carbocycles.